The number of para-hydroxylation sites is 8. The van der Waals surface area contributed by atoms with Crippen LogP contribution in [0.25, 0.3) is 132 Å². The highest BCUT2D eigenvalue weighted by molar-refractivity contribution is 7.00. The molecular formula is C95H64BN7. The van der Waals surface area contributed by atoms with E-state index < -0.39 is 157 Å². The molecule has 6 heterocycles. The van der Waals surface area contributed by atoms with Gasteiger partial charge in [-0.05, 0) is 154 Å². The molecule has 7 nitrogen and oxygen atoms in total. The molecule has 0 aliphatic carbocycles. The van der Waals surface area contributed by atoms with Crippen molar-refractivity contribution in [2.75, 3.05) is 9.80 Å². The van der Waals surface area contributed by atoms with E-state index in [1.54, 1.807) is 48.5 Å². The number of anilines is 6. The van der Waals surface area contributed by atoms with E-state index in [-0.39, 0.29) is 111 Å². The molecule has 21 rings (SSSR count). The normalized spacial score (nSPS) is 16.0. The first kappa shape index (κ1) is 39.4. The smallest absolute Gasteiger partial charge is 0.252 e. The van der Waals surface area contributed by atoms with Crippen LogP contribution in [0.1, 0.15) is 64.8 Å². The molecular weight excluding hydrogens is 1250 g/mol. The maximum Gasteiger partial charge on any atom is 0.252 e. The number of aromatic nitrogens is 4. The lowest BCUT2D eigenvalue weighted by atomic mass is 9.33. The zero-order chi connectivity index (χ0) is 89.2. The molecule has 0 N–H and O–H groups in total. The molecule has 0 amide bonds. The SMILES string of the molecule is [2H]c1c([2H])c([2H])c2c(c1[2H])c1c([2H])c([2H])c([2H])c([2H])c1n2-c1ccc2c(c1)N(c1cc(-n3c4ccccc4c4ccccc43)ccc1C#N)c1cc(-n3c4c([2H])c([2H])c([2H])c([2H])c4c4c([2H])c([2H])c([2H])c([2H])c43)cc3c1B2c1ccc(-n2c4c([2H])c([2H])c([2H])c([2H])c4c4c([2H])c([2H])c([2H])c([2H])c42)cc1N3c1c(-c2ccccc2)cc(C(C)(C)C)cc1-c1ccccc1. The van der Waals surface area contributed by atoms with Gasteiger partial charge in [-0.15, -0.1) is 0 Å². The van der Waals surface area contributed by atoms with E-state index >= 15 is 0 Å². The van der Waals surface area contributed by atoms with E-state index in [0.29, 0.717) is 55.7 Å². The highest BCUT2D eigenvalue weighted by Gasteiger charge is 2.46. The molecule has 15 aromatic carbocycles. The number of nitrogens with zero attached hydrogens (tertiary/aromatic N) is 7. The highest BCUT2D eigenvalue weighted by atomic mass is 15.2. The summed E-state index contributed by atoms with van der Waals surface area (Å²) < 4.78 is 236. The fraction of sp³-hybridized carbons (Fsp3) is 0.0421. The van der Waals surface area contributed by atoms with Gasteiger partial charge in [0.15, 0.2) is 0 Å². The Morgan fingerprint density at radius 1 is 0.320 bits per heavy atom. The molecule has 0 saturated carbocycles. The van der Waals surface area contributed by atoms with Crippen LogP contribution in [-0.4, -0.2) is 25.0 Å². The monoisotopic (exact) mass is 1340 g/mol. The summed E-state index contributed by atoms with van der Waals surface area (Å²) in [5.41, 5.74) is 6.73. The second-order valence-electron chi connectivity index (χ2n) is 26.9. The molecule has 2 aliphatic heterocycles. The third-order valence-electron chi connectivity index (χ3n) is 20.4. The van der Waals surface area contributed by atoms with Crippen LogP contribution in [0, 0.1) is 11.3 Å². The van der Waals surface area contributed by atoms with E-state index in [2.05, 4.69) is 43.5 Å². The third kappa shape index (κ3) is 8.64. The van der Waals surface area contributed by atoms with Gasteiger partial charge in [-0.3, -0.25) is 0 Å². The van der Waals surface area contributed by atoms with E-state index in [0.717, 1.165) is 27.4 Å². The number of hydrogen-bond acceptors (Lipinski definition) is 3. The van der Waals surface area contributed by atoms with Crippen molar-refractivity contribution >= 4 is 144 Å². The highest BCUT2D eigenvalue weighted by Crippen LogP contribution is 2.54. The van der Waals surface area contributed by atoms with Crippen molar-refractivity contribution in [3.63, 3.8) is 0 Å². The van der Waals surface area contributed by atoms with Crippen LogP contribution in [-0.2, 0) is 5.41 Å². The Hall–Kier alpha value is -13.3. The van der Waals surface area contributed by atoms with E-state index in [9.17, 15) is 32.7 Å². The number of fused-ring (bicyclic) bond motifs is 16. The van der Waals surface area contributed by atoms with Gasteiger partial charge >= 0.3 is 0 Å². The van der Waals surface area contributed by atoms with Crippen molar-refractivity contribution in [3.8, 4) is 51.1 Å². The molecule has 482 valence electrons. The average Bonchev–Trinajstić information content (AvgIpc) is 1.14. The Bertz CT molecular complexity index is 8010. The molecule has 0 fully saturated rings. The van der Waals surface area contributed by atoms with Crippen molar-refractivity contribution in [2.45, 2.75) is 26.2 Å². The van der Waals surface area contributed by atoms with Gasteiger partial charge in [0.25, 0.3) is 6.71 Å². The lowest BCUT2D eigenvalue weighted by molar-refractivity contribution is 0.591. The minimum Gasteiger partial charge on any atom is -0.310 e. The average molecular weight is 1340 g/mol. The molecule has 0 atom stereocenters. The van der Waals surface area contributed by atoms with Gasteiger partial charge in [0.2, 0.25) is 0 Å². The predicted octanol–water partition coefficient (Wildman–Crippen LogP) is 22.7. The first-order chi connectivity index (χ1) is 60.7. The van der Waals surface area contributed by atoms with Crippen molar-refractivity contribution in [1.82, 2.24) is 18.3 Å². The Balaban J connectivity index is 1.02. The van der Waals surface area contributed by atoms with Gasteiger partial charge in [0, 0.05) is 94.0 Å². The standard InChI is InChI=1S/C95H64BN7/c1-95(2,3)63-52-76(60-26-6-4-7-27-60)94(77(53-63)61-28-8-5-9-29-61)103-90-56-66(100-84-42-22-14-34-72(84)73-35-15-23-43-85(73)100)49-51-79(90)96-78-50-48-65(99-82-40-20-12-32-70(82)71-33-13-21-41-83(71)99)55-89(78)102(88-54-64(47-46-62(88)59-97)98-80-38-18-10-30-68(80)69-31-11-19-39-81(69)98)91-57-67(58-92(103)93(91)96)101-86-44-24-16-36-74(86)75-37-17-25-45-87(75)101/h4-58H,1-3H3/i12D,13D,14D,15D,16D,17D,20D,21D,22D,23D,24D,25D,32D,33D,34D,35D,36D,37D,40D,41D,42D,43D,44D,45D. The summed E-state index contributed by atoms with van der Waals surface area (Å²) in [4.78, 5) is 3.85. The van der Waals surface area contributed by atoms with E-state index in [4.69, 9.17) is 5.48 Å². The summed E-state index contributed by atoms with van der Waals surface area (Å²) in [6, 6.07) is 45.3. The number of benzene rings is 15. The summed E-state index contributed by atoms with van der Waals surface area (Å²) in [5.74, 6) is 0. The Morgan fingerprint density at radius 2 is 0.660 bits per heavy atom. The summed E-state index contributed by atoms with van der Waals surface area (Å²) in [7, 11) is 0. The quantitative estimate of drug-likeness (QED) is 0.142. The van der Waals surface area contributed by atoms with Crippen molar-refractivity contribution < 1.29 is 32.9 Å². The van der Waals surface area contributed by atoms with Crippen LogP contribution in [0.5, 0.6) is 0 Å². The van der Waals surface area contributed by atoms with Gasteiger partial charge in [0.1, 0.15) is 6.07 Å². The first-order valence-corrected chi connectivity index (χ1v) is 33.6. The van der Waals surface area contributed by atoms with Crippen LogP contribution in [0.4, 0.5) is 34.1 Å². The first-order valence-electron chi connectivity index (χ1n) is 45.6. The minimum atomic E-state index is -1.13. The third-order valence-corrected chi connectivity index (χ3v) is 20.4. The second-order valence-corrected chi connectivity index (χ2v) is 26.9. The molecule has 0 spiro atoms. The maximum atomic E-state index is 12.2. The molecule has 0 saturated heterocycles. The molecule has 4 aromatic heterocycles. The summed E-state index contributed by atoms with van der Waals surface area (Å²) in [6.45, 7) is 5.13. The van der Waals surface area contributed by atoms with Crippen LogP contribution in [0.2, 0.25) is 0 Å². The fourth-order valence-corrected chi connectivity index (χ4v) is 16.0. The topological polar surface area (TPSA) is 50.0 Å². The van der Waals surface area contributed by atoms with Gasteiger partial charge in [0.05, 0.1) is 99.7 Å². The van der Waals surface area contributed by atoms with Crippen LogP contribution in [0.3, 0.4) is 0 Å². The fourth-order valence-electron chi connectivity index (χ4n) is 16.0. The summed E-state index contributed by atoms with van der Waals surface area (Å²) >= 11 is 0. The molecule has 103 heavy (non-hydrogen) atoms. The number of rotatable bonds is 8. The molecule has 8 heteroatoms. The Labute approximate surface area is 629 Å². The van der Waals surface area contributed by atoms with Crippen LogP contribution < -0.4 is 26.2 Å². The van der Waals surface area contributed by atoms with E-state index in [1.807, 2.05) is 137 Å². The van der Waals surface area contributed by atoms with Gasteiger partial charge in [-0.1, -0.05) is 239 Å². The van der Waals surface area contributed by atoms with Crippen molar-refractivity contribution in [2.24, 2.45) is 0 Å². The lowest BCUT2D eigenvalue weighted by Crippen LogP contribution is -2.61. The number of nitriles is 1. The van der Waals surface area contributed by atoms with Crippen molar-refractivity contribution in [3.05, 3.63) is 344 Å². The van der Waals surface area contributed by atoms with Crippen molar-refractivity contribution in [1.29, 1.82) is 5.26 Å². The molecule has 2 aliphatic rings. The summed E-state index contributed by atoms with van der Waals surface area (Å²) in [6.07, 6.45) is 0. The van der Waals surface area contributed by atoms with Gasteiger partial charge in [-0.2, -0.15) is 5.26 Å². The second kappa shape index (κ2) is 22.3. The number of hydrogen-bond donors (Lipinski definition) is 0. The zero-order valence-electron chi connectivity index (χ0n) is 79.1. The molecule has 19 aromatic rings. The van der Waals surface area contributed by atoms with E-state index in [1.165, 1.54) is 13.7 Å². The largest absolute Gasteiger partial charge is 0.310 e. The van der Waals surface area contributed by atoms with Crippen LogP contribution >= 0.6 is 0 Å². The molecule has 0 unspecified atom stereocenters. The maximum absolute atomic E-state index is 12.2. The zero-order valence-corrected chi connectivity index (χ0v) is 55.1. The lowest BCUT2D eigenvalue weighted by Gasteiger charge is -2.45. The van der Waals surface area contributed by atoms with Gasteiger partial charge in [-0.25, -0.2) is 0 Å². The Kier molecular flexibility index (Phi) is 8.55. The summed E-state index contributed by atoms with van der Waals surface area (Å²) in [5, 5.41) is 12.6. The minimum absolute atomic E-state index is 0.00792. The van der Waals surface area contributed by atoms with Gasteiger partial charge < -0.3 is 28.1 Å². The predicted molar refractivity (Wildman–Crippen MR) is 432 cm³/mol. The molecule has 0 radical (unpaired) electrons. The van der Waals surface area contributed by atoms with Crippen LogP contribution in [0.15, 0.2) is 333 Å². The Morgan fingerprint density at radius 3 is 1.08 bits per heavy atom. The molecule has 0 bridgehead atoms.